The lowest BCUT2D eigenvalue weighted by molar-refractivity contribution is -0.0105. The van der Waals surface area contributed by atoms with Gasteiger partial charge in [-0.2, -0.15) is 0 Å². The van der Waals surface area contributed by atoms with Crippen molar-refractivity contribution in [3.8, 4) is 0 Å². The summed E-state index contributed by atoms with van der Waals surface area (Å²) in [5.41, 5.74) is 6.55. The second-order valence-electron chi connectivity index (χ2n) is 6.23. The van der Waals surface area contributed by atoms with Crippen LogP contribution in [-0.2, 0) is 0 Å². The third-order valence-corrected chi connectivity index (χ3v) is 5.57. The first-order valence-electron chi connectivity index (χ1n) is 7.87. The summed E-state index contributed by atoms with van der Waals surface area (Å²) in [5, 5.41) is 0. The van der Waals surface area contributed by atoms with Crippen LogP contribution in [0.25, 0.3) is 0 Å². The number of hydrogen-bond donors (Lipinski definition) is 1. The normalized spacial score (nSPS) is 39.3. The summed E-state index contributed by atoms with van der Waals surface area (Å²) in [6.07, 6.45) is 5.37. The van der Waals surface area contributed by atoms with Crippen molar-refractivity contribution in [2.24, 2.45) is 11.7 Å². The maximum atomic E-state index is 6.22. The Hall–Kier alpha value is -0.120. The van der Waals surface area contributed by atoms with E-state index in [2.05, 4.69) is 30.6 Å². The fourth-order valence-corrected chi connectivity index (χ4v) is 4.40. The van der Waals surface area contributed by atoms with Crippen molar-refractivity contribution in [2.75, 3.05) is 32.7 Å². The molecule has 0 radical (unpaired) electrons. The number of nitrogens with zero attached hydrogens (tertiary/aromatic N) is 2. The van der Waals surface area contributed by atoms with Gasteiger partial charge in [-0.15, -0.1) is 0 Å². The summed E-state index contributed by atoms with van der Waals surface area (Å²) in [7, 11) is 0. The van der Waals surface area contributed by atoms with Crippen LogP contribution in [0.15, 0.2) is 0 Å². The van der Waals surface area contributed by atoms with Gasteiger partial charge >= 0.3 is 0 Å². The second-order valence-corrected chi connectivity index (χ2v) is 6.23. The molecular formula is C15H31N3. The summed E-state index contributed by atoms with van der Waals surface area (Å²) in [4.78, 5) is 5.33. The molecule has 0 amide bonds. The molecule has 0 spiro atoms. The molecule has 3 nitrogen and oxygen atoms in total. The highest BCUT2D eigenvalue weighted by atomic mass is 15.3. The van der Waals surface area contributed by atoms with Crippen LogP contribution in [0.3, 0.4) is 0 Å². The first kappa shape index (κ1) is 14.3. The standard InChI is InChI=1S/C15H31N3/c1-4-14-7-6-8-15(14,12-16)18-10-9-17(5-2)13(3)11-18/h13-14H,4-12,16H2,1-3H3. The van der Waals surface area contributed by atoms with Gasteiger partial charge in [0.1, 0.15) is 0 Å². The van der Waals surface area contributed by atoms with Crippen LogP contribution < -0.4 is 5.73 Å². The Morgan fingerprint density at radius 1 is 1.28 bits per heavy atom. The van der Waals surface area contributed by atoms with Gasteiger partial charge in [0.05, 0.1) is 0 Å². The van der Waals surface area contributed by atoms with Crippen LogP contribution in [0.5, 0.6) is 0 Å². The fraction of sp³-hybridized carbons (Fsp3) is 1.00. The average molecular weight is 253 g/mol. The van der Waals surface area contributed by atoms with Crippen molar-refractivity contribution in [1.82, 2.24) is 9.80 Å². The van der Waals surface area contributed by atoms with Gasteiger partial charge in [0.25, 0.3) is 0 Å². The quantitative estimate of drug-likeness (QED) is 0.831. The smallest absolute Gasteiger partial charge is 0.0360 e. The van der Waals surface area contributed by atoms with E-state index < -0.39 is 0 Å². The van der Waals surface area contributed by atoms with Gasteiger partial charge in [-0.1, -0.05) is 26.7 Å². The molecule has 3 unspecified atom stereocenters. The van der Waals surface area contributed by atoms with E-state index in [1.165, 1.54) is 51.9 Å². The molecule has 1 aliphatic carbocycles. The predicted octanol–water partition coefficient (Wildman–Crippen LogP) is 1.92. The zero-order valence-electron chi connectivity index (χ0n) is 12.5. The minimum atomic E-state index is 0.322. The SMILES string of the molecule is CCC1CCCC1(CN)N1CCN(CC)C(C)C1. The van der Waals surface area contributed by atoms with Crippen molar-refractivity contribution in [3.63, 3.8) is 0 Å². The molecule has 106 valence electrons. The van der Waals surface area contributed by atoms with Crippen LogP contribution in [0.4, 0.5) is 0 Å². The third kappa shape index (κ3) is 2.33. The van der Waals surface area contributed by atoms with Crippen molar-refractivity contribution >= 4 is 0 Å². The predicted molar refractivity (Wildman–Crippen MR) is 77.7 cm³/mol. The summed E-state index contributed by atoms with van der Waals surface area (Å²) in [5.74, 6) is 0.822. The topological polar surface area (TPSA) is 32.5 Å². The Morgan fingerprint density at radius 3 is 2.61 bits per heavy atom. The lowest BCUT2D eigenvalue weighted by Crippen LogP contribution is -2.63. The lowest BCUT2D eigenvalue weighted by atomic mass is 9.82. The van der Waals surface area contributed by atoms with Crippen LogP contribution >= 0.6 is 0 Å². The van der Waals surface area contributed by atoms with Gasteiger partial charge in [0, 0.05) is 37.8 Å². The molecule has 0 aromatic carbocycles. The van der Waals surface area contributed by atoms with Crippen molar-refractivity contribution in [1.29, 1.82) is 0 Å². The highest BCUT2D eigenvalue weighted by Gasteiger charge is 2.46. The summed E-state index contributed by atoms with van der Waals surface area (Å²) < 4.78 is 0. The minimum Gasteiger partial charge on any atom is -0.329 e. The highest BCUT2D eigenvalue weighted by Crippen LogP contribution is 2.42. The van der Waals surface area contributed by atoms with E-state index in [0.29, 0.717) is 11.6 Å². The van der Waals surface area contributed by atoms with Gasteiger partial charge in [0.15, 0.2) is 0 Å². The maximum absolute atomic E-state index is 6.22. The van der Waals surface area contributed by atoms with Crippen molar-refractivity contribution in [2.45, 2.75) is 58.0 Å². The van der Waals surface area contributed by atoms with Crippen LogP contribution in [-0.4, -0.2) is 54.1 Å². The van der Waals surface area contributed by atoms with Gasteiger partial charge in [-0.3, -0.25) is 9.80 Å². The summed E-state index contributed by atoms with van der Waals surface area (Å²) >= 11 is 0. The molecule has 2 aliphatic rings. The van der Waals surface area contributed by atoms with E-state index in [1.807, 2.05) is 0 Å². The Bertz CT molecular complexity index is 268. The Kier molecular flexibility index (Phi) is 4.68. The van der Waals surface area contributed by atoms with Crippen molar-refractivity contribution < 1.29 is 0 Å². The van der Waals surface area contributed by atoms with Gasteiger partial charge in [0.2, 0.25) is 0 Å². The molecule has 2 N–H and O–H groups in total. The van der Waals surface area contributed by atoms with Crippen LogP contribution in [0.2, 0.25) is 0 Å². The molecule has 2 rings (SSSR count). The maximum Gasteiger partial charge on any atom is 0.0360 e. The molecule has 3 atom stereocenters. The largest absolute Gasteiger partial charge is 0.329 e. The molecule has 0 aromatic rings. The lowest BCUT2D eigenvalue weighted by Gasteiger charge is -2.50. The number of likely N-dealkylation sites (N-methyl/N-ethyl adjacent to an activating group) is 1. The summed E-state index contributed by atoms with van der Waals surface area (Å²) in [6, 6.07) is 0.685. The van der Waals surface area contributed by atoms with Crippen molar-refractivity contribution in [3.05, 3.63) is 0 Å². The number of hydrogen-bond acceptors (Lipinski definition) is 3. The first-order valence-corrected chi connectivity index (χ1v) is 7.87. The zero-order chi connectivity index (χ0) is 13.2. The molecule has 18 heavy (non-hydrogen) atoms. The molecular weight excluding hydrogens is 222 g/mol. The molecule has 1 saturated heterocycles. The molecule has 1 heterocycles. The Morgan fingerprint density at radius 2 is 2.06 bits per heavy atom. The monoisotopic (exact) mass is 253 g/mol. The van der Waals surface area contributed by atoms with Gasteiger partial charge in [-0.25, -0.2) is 0 Å². The Balaban J connectivity index is 2.09. The molecule has 1 saturated carbocycles. The van der Waals surface area contributed by atoms with Gasteiger partial charge < -0.3 is 5.73 Å². The number of nitrogens with two attached hydrogens (primary N) is 1. The second kappa shape index (κ2) is 5.89. The van der Waals surface area contributed by atoms with E-state index in [-0.39, 0.29) is 0 Å². The molecule has 2 fully saturated rings. The average Bonchev–Trinajstić information content (AvgIpc) is 2.82. The van der Waals surface area contributed by atoms with E-state index in [4.69, 9.17) is 5.73 Å². The number of rotatable bonds is 4. The van der Waals surface area contributed by atoms with E-state index in [9.17, 15) is 0 Å². The molecule has 0 bridgehead atoms. The van der Waals surface area contributed by atoms with E-state index in [0.717, 1.165) is 12.5 Å². The first-order chi connectivity index (χ1) is 8.67. The van der Waals surface area contributed by atoms with E-state index >= 15 is 0 Å². The summed E-state index contributed by atoms with van der Waals surface area (Å²) in [6.45, 7) is 12.7. The van der Waals surface area contributed by atoms with Crippen LogP contribution in [0.1, 0.15) is 46.5 Å². The van der Waals surface area contributed by atoms with Crippen LogP contribution in [0, 0.1) is 5.92 Å². The molecule has 3 heteroatoms. The van der Waals surface area contributed by atoms with E-state index in [1.54, 1.807) is 0 Å². The molecule has 0 aromatic heterocycles. The number of piperazine rings is 1. The van der Waals surface area contributed by atoms with Gasteiger partial charge in [-0.05, 0) is 32.2 Å². The third-order valence-electron chi connectivity index (χ3n) is 5.57. The fourth-order valence-electron chi connectivity index (χ4n) is 4.40. The molecule has 1 aliphatic heterocycles. The minimum absolute atomic E-state index is 0.322. The zero-order valence-corrected chi connectivity index (χ0v) is 12.5. The highest BCUT2D eigenvalue weighted by molar-refractivity contribution is 5.03. The Labute approximate surface area is 113 Å².